The number of alkyl halides is 3. The van der Waals surface area contributed by atoms with Crippen LogP contribution >= 0.6 is 0 Å². The zero-order valence-electron chi connectivity index (χ0n) is 6.86. The molecule has 0 unspecified atom stereocenters. The van der Waals surface area contributed by atoms with Gasteiger partial charge in [0, 0.05) is 6.20 Å². The Balaban J connectivity index is 2.37. The molecule has 1 aliphatic rings. The second kappa shape index (κ2) is 2.49. The first-order valence-electron chi connectivity index (χ1n) is 4.13. The molecule has 1 aromatic rings. The summed E-state index contributed by atoms with van der Waals surface area (Å²) in [5, 5.41) is 5.98. The summed E-state index contributed by atoms with van der Waals surface area (Å²) in [5.74, 6) is 0. The van der Waals surface area contributed by atoms with Crippen molar-refractivity contribution in [3.05, 3.63) is 18.0 Å². The third-order valence-electron chi connectivity index (χ3n) is 2.77. The zero-order chi connectivity index (χ0) is 9.53. The molecule has 13 heavy (non-hydrogen) atoms. The molecule has 1 aliphatic carbocycles. The van der Waals surface area contributed by atoms with Gasteiger partial charge < -0.3 is 0 Å². The number of rotatable bonds is 1. The van der Waals surface area contributed by atoms with Crippen LogP contribution in [-0.2, 0) is 5.41 Å². The molecule has 0 atom stereocenters. The van der Waals surface area contributed by atoms with Crippen molar-refractivity contribution in [1.29, 1.82) is 0 Å². The van der Waals surface area contributed by atoms with Crippen LogP contribution in [0, 0.1) is 0 Å². The summed E-state index contributed by atoms with van der Waals surface area (Å²) in [6.07, 6.45) is -1.80. The van der Waals surface area contributed by atoms with Crippen LogP contribution in [0.4, 0.5) is 13.2 Å². The average Bonchev–Trinajstić information content (AvgIpc) is 2.32. The Morgan fingerprint density at radius 2 is 2.08 bits per heavy atom. The first kappa shape index (κ1) is 8.59. The van der Waals surface area contributed by atoms with Crippen molar-refractivity contribution in [3.8, 4) is 0 Å². The van der Waals surface area contributed by atoms with Crippen molar-refractivity contribution in [2.45, 2.75) is 30.9 Å². The molecule has 0 aromatic carbocycles. The molecule has 0 radical (unpaired) electrons. The highest BCUT2D eigenvalue weighted by Crippen LogP contribution is 2.53. The molecule has 0 aliphatic heterocycles. The summed E-state index contributed by atoms with van der Waals surface area (Å²) in [6, 6.07) is 1.41. The van der Waals surface area contributed by atoms with E-state index in [1.54, 1.807) is 0 Å². The van der Waals surface area contributed by atoms with Gasteiger partial charge in [0.2, 0.25) is 0 Å². The maximum absolute atomic E-state index is 12.7. The van der Waals surface area contributed by atoms with Crippen molar-refractivity contribution in [3.63, 3.8) is 0 Å². The lowest BCUT2D eigenvalue weighted by Crippen LogP contribution is -2.48. The van der Waals surface area contributed by atoms with Crippen LogP contribution in [0.2, 0.25) is 0 Å². The number of halogens is 3. The third kappa shape index (κ3) is 1.06. The SMILES string of the molecule is FC(F)(F)C1(c2ccn[nH]2)CCC1. The van der Waals surface area contributed by atoms with Crippen LogP contribution in [0.15, 0.2) is 12.3 Å². The van der Waals surface area contributed by atoms with Gasteiger partial charge >= 0.3 is 6.18 Å². The molecule has 1 heterocycles. The Morgan fingerprint density at radius 3 is 2.38 bits per heavy atom. The van der Waals surface area contributed by atoms with E-state index in [0.29, 0.717) is 6.42 Å². The lowest BCUT2D eigenvalue weighted by atomic mass is 9.66. The van der Waals surface area contributed by atoms with E-state index in [4.69, 9.17) is 0 Å². The molecular formula is C8H9F3N2. The number of hydrogen-bond acceptors (Lipinski definition) is 1. The lowest BCUT2D eigenvalue weighted by Gasteiger charge is -2.42. The lowest BCUT2D eigenvalue weighted by molar-refractivity contribution is -0.214. The summed E-state index contributed by atoms with van der Waals surface area (Å²) >= 11 is 0. The summed E-state index contributed by atoms with van der Waals surface area (Å²) < 4.78 is 38.0. The molecule has 5 heteroatoms. The van der Waals surface area contributed by atoms with E-state index < -0.39 is 11.6 Å². The van der Waals surface area contributed by atoms with E-state index in [1.165, 1.54) is 12.3 Å². The second-order valence-corrected chi connectivity index (χ2v) is 3.40. The Bertz CT molecular complexity index is 285. The van der Waals surface area contributed by atoms with E-state index in [9.17, 15) is 13.2 Å². The van der Waals surface area contributed by atoms with Gasteiger partial charge in [0.25, 0.3) is 0 Å². The number of aromatic nitrogens is 2. The Kier molecular flexibility index (Phi) is 1.65. The molecule has 0 amide bonds. The van der Waals surface area contributed by atoms with Crippen LogP contribution in [0.25, 0.3) is 0 Å². The minimum Gasteiger partial charge on any atom is -0.282 e. The van der Waals surface area contributed by atoms with Crippen LogP contribution < -0.4 is 0 Å². The molecule has 0 spiro atoms. The Hall–Kier alpha value is -1.00. The first-order chi connectivity index (χ1) is 6.06. The van der Waals surface area contributed by atoms with Gasteiger partial charge in [-0.05, 0) is 18.9 Å². The highest BCUT2D eigenvalue weighted by molar-refractivity contribution is 5.21. The highest BCUT2D eigenvalue weighted by Gasteiger charge is 2.60. The average molecular weight is 190 g/mol. The van der Waals surface area contributed by atoms with Gasteiger partial charge in [0.15, 0.2) is 0 Å². The Labute approximate surface area is 73.1 Å². The molecule has 1 aromatic heterocycles. The largest absolute Gasteiger partial charge is 0.399 e. The standard InChI is InChI=1S/C8H9F3N2/c9-8(10,11)7(3-1-4-7)6-2-5-12-13-6/h2,5H,1,3-4H2,(H,12,13). The fourth-order valence-electron chi connectivity index (χ4n) is 1.76. The minimum absolute atomic E-state index is 0.179. The number of hydrogen-bond donors (Lipinski definition) is 1. The van der Waals surface area contributed by atoms with Gasteiger partial charge in [-0.2, -0.15) is 18.3 Å². The van der Waals surface area contributed by atoms with Crippen LogP contribution in [0.5, 0.6) is 0 Å². The summed E-state index contributed by atoms with van der Waals surface area (Å²) in [7, 11) is 0. The van der Waals surface area contributed by atoms with Crippen LogP contribution in [0.3, 0.4) is 0 Å². The van der Waals surface area contributed by atoms with Crippen molar-refractivity contribution >= 4 is 0 Å². The van der Waals surface area contributed by atoms with Crippen molar-refractivity contribution < 1.29 is 13.2 Å². The Morgan fingerprint density at radius 1 is 1.38 bits per heavy atom. The zero-order valence-corrected chi connectivity index (χ0v) is 6.86. The maximum Gasteiger partial charge on any atom is 0.399 e. The number of H-pyrrole nitrogens is 1. The predicted molar refractivity (Wildman–Crippen MR) is 40.2 cm³/mol. The normalized spacial score (nSPS) is 21.2. The second-order valence-electron chi connectivity index (χ2n) is 3.40. The van der Waals surface area contributed by atoms with E-state index in [-0.39, 0.29) is 18.5 Å². The molecule has 0 bridgehead atoms. The predicted octanol–water partition coefficient (Wildman–Crippen LogP) is 2.39. The minimum atomic E-state index is -4.15. The molecule has 1 saturated carbocycles. The van der Waals surface area contributed by atoms with Gasteiger partial charge in [0.1, 0.15) is 5.41 Å². The monoisotopic (exact) mass is 190 g/mol. The number of nitrogens with zero attached hydrogens (tertiary/aromatic N) is 1. The molecule has 2 rings (SSSR count). The summed E-state index contributed by atoms with van der Waals surface area (Å²) in [4.78, 5) is 0. The fourth-order valence-corrected chi connectivity index (χ4v) is 1.76. The van der Waals surface area contributed by atoms with Crippen LogP contribution in [0.1, 0.15) is 25.0 Å². The molecule has 1 N–H and O–H groups in total. The van der Waals surface area contributed by atoms with Gasteiger partial charge in [-0.1, -0.05) is 6.42 Å². The van der Waals surface area contributed by atoms with Crippen molar-refractivity contribution in [2.75, 3.05) is 0 Å². The molecule has 0 saturated heterocycles. The van der Waals surface area contributed by atoms with Gasteiger partial charge in [0.05, 0.1) is 5.69 Å². The molecule has 2 nitrogen and oxygen atoms in total. The highest BCUT2D eigenvalue weighted by atomic mass is 19.4. The van der Waals surface area contributed by atoms with E-state index in [2.05, 4.69) is 10.2 Å². The fraction of sp³-hybridized carbons (Fsp3) is 0.625. The van der Waals surface area contributed by atoms with E-state index in [1.807, 2.05) is 0 Å². The summed E-state index contributed by atoms with van der Waals surface area (Å²) in [6.45, 7) is 0. The number of aromatic amines is 1. The first-order valence-corrected chi connectivity index (χ1v) is 4.13. The number of nitrogens with one attached hydrogen (secondary N) is 1. The topological polar surface area (TPSA) is 28.7 Å². The van der Waals surface area contributed by atoms with Crippen molar-refractivity contribution in [1.82, 2.24) is 10.2 Å². The smallest absolute Gasteiger partial charge is 0.282 e. The van der Waals surface area contributed by atoms with E-state index in [0.717, 1.165) is 0 Å². The maximum atomic E-state index is 12.7. The molecule has 1 fully saturated rings. The van der Waals surface area contributed by atoms with Crippen molar-refractivity contribution in [2.24, 2.45) is 0 Å². The van der Waals surface area contributed by atoms with Gasteiger partial charge in [-0.3, -0.25) is 5.10 Å². The quantitative estimate of drug-likeness (QED) is 0.723. The van der Waals surface area contributed by atoms with Gasteiger partial charge in [-0.25, -0.2) is 0 Å². The summed E-state index contributed by atoms with van der Waals surface area (Å²) in [5.41, 5.74) is -1.44. The van der Waals surface area contributed by atoms with Crippen LogP contribution in [-0.4, -0.2) is 16.4 Å². The third-order valence-corrected chi connectivity index (χ3v) is 2.77. The molecular weight excluding hydrogens is 181 g/mol. The van der Waals surface area contributed by atoms with Gasteiger partial charge in [-0.15, -0.1) is 0 Å². The van der Waals surface area contributed by atoms with E-state index >= 15 is 0 Å². The molecule has 72 valence electrons.